The lowest BCUT2D eigenvalue weighted by Gasteiger charge is -2.03. The molecule has 3 aromatic rings. The molecule has 0 amide bonds. The van der Waals surface area contributed by atoms with Crippen LogP contribution in [0.15, 0.2) is 35.1 Å². The Kier molecular flexibility index (Phi) is 3.64. The maximum Gasteiger partial charge on any atom is 0.338 e. The molecule has 0 radical (unpaired) electrons. The van der Waals surface area contributed by atoms with Crippen LogP contribution < -0.4 is 11.3 Å². The number of thiophene rings is 1. The second kappa shape index (κ2) is 5.61. The summed E-state index contributed by atoms with van der Waals surface area (Å²) in [6.45, 7) is 2.08. The minimum absolute atomic E-state index is 0.0853. The summed E-state index contributed by atoms with van der Waals surface area (Å²) in [5.74, 6) is -0.284. The van der Waals surface area contributed by atoms with E-state index in [1.54, 1.807) is 31.2 Å². The Labute approximate surface area is 129 Å². The van der Waals surface area contributed by atoms with Gasteiger partial charge in [-0.3, -0.25) is 9.78 Å². The van der Waals surface area contributed by atoms with Crippen molar-refractivity contribution in [1.29, 1.82) is 0 Å². The number of hydrogen-bond donors (Lipinski definition) is 2. The Morgan fingerprint density at radius 3 is 3.00 bits per heavy atom. The fourth-order valence-corrected chi connectivity index (χ4v) is 3.10. The Balaban J connectivity index is 2.08. The summed E-state index contributed by atoms with van der Waals surface area (Å²) in [6, 6.07) is 8.86. The summed E-state index contributed by atoms with van der Waals surface area (Å²) >= 11 is 1.31. The summed E-state index contributed by atoms with van der Waals surface area (Å²) in [6.07, 6.45) is 0. The molecule has 0 atom stereocenters. The highest BCUT2D eigenvalue weighted by molar-refractivity contribution is 7.22. The summed E-state index contributed by atoms with van der Waals surface area (Å²) in [4.78, 5) is 31.1. The Morgan fingerprint density at radius 2 is 2.23 bits per heavy atom. The summed E-state index contributed by atoms with van der Waals surface area (Å²) in [5.41, 5.74) is 7.12. The molecular weight excluding hydrogens is 302 g/mol. The van der Waals surface area contributed by atoms with E-state index in [0.29, 0.717) is 22.4 Å². The van der Waals surface area contributed by atoms with Crippen LogP contribution >= 0.6 is 11.3 Å². The van der Waals surface area contributed by atoms with E-state index >= 15 is 0 Å². The van der Waals surface area contributed by atoms with E-state index in [9.17, 15) is 9.59 Å². The fourth-order valence-electron chi connectivity index (χ4n) is 2.11. The molecule has 3 rings (SSSR count). The van der Waals surface area contributed by atoms with Crippen molar-refractivity contribution in [2.45, 2.75) is 6.92 Å². The molecule has 2 heterocycles. The molecule has 0 aliphatic heterocycles. The molecular formula is C15H13N3O3S. The minimum Gasteiger partial charge on any atom is -0.462 e. The normalized spacial score (nSPS) is 10.8. The maximum atomic E-state index is 11.9. The standard InChI is InChI=1S/C15H13N3O3S/c1-2-21-14(20)9-5-3-4-8(6-9)11-7-10-12(22-11)13(19)18-15(16)17-10/h3-7H,2H2,1H3,(H3,16,17,18,19). The van der Waals surface area contributed by atoms with Gasteiger partial charge in [0, 0.05) is 4.88 Å². The number of hydrogen-bond acceptors (Lipinski definition) is 6. The van der Waals surface area contributed by atoms with Gasteiger partial charge in [-0.1, -0.05) is 12.1 Å². The first-order valence-electron chi connectivity index (χ1n) is 6.65. The highest BCUT2D eigenvalue weighted by atomic mass is 32.1. The molecule has 6 nitrogen and oxygen atoms in total. The molecule has 0 fully saturated rings. The predicted molar refractivity (Wildman–Crippen MR) is 86.0 cm³/mol. The molecule has 0 aliphatic rings. The number of nitrogens with zero attached hydrogens (tertiary/aromatic N) is 1. The molecule has 0 spiro atoms. The van der Waals surface area contributed by atoms with Crippen LogP contribution in [0.4, 0.5) is 5.95 Å². The SMILES string of the molecule is CCOC(=O)c1cccc(-c2cc3nc(N)[nH]c(=O)c3s2)c1. The van der Waals surface area contributed by atoms with E-state index in [2.05, 4.69) is 9.97 Å². The van der Waals surface area contributed by atoms with Crippen LogP contribution in [-0.2, 0) is 4.74 Å². The van der Waals surface area contributed by atoms with E-state index in [-0.39, 0.29) is 17.5 Å². The molecule has 0 saturated heterocycles. The van der Waals surface area contributed by atoms with E-state index in [1.165, 1.54) is 11.3 Å². The van der Waals surface area contributed by atoms with Crippen LogP contribution in [0.1, 0.15) is 17.3 Å². The predicted octanol–water partition coefficient (Wildman–Crippen LogP) is 2.41. The number of aromatic nitrogens is 2. The van der Waals surface area contributed by atoms with Gasteiger partial charge >= 0.3 is 5.97 Å². The van der Waals surface area contributed by atoms with Gasteiger partial charge in [-0.15, -0.1) is 11.3 Å². The minimum atomic E-state index is -0.370. The summed E-state index contributed by atoms with van der Waals surface area (Å²) < 4.78 is 5.50. The number of anilines is 1. The molecule has 0 aliphatic carbocycles. The monoisotopic (exact) mass is 315 g/mol. The first-order valence-corrected chi connectivity index (χ1v) is 7.47. The largest absolute Gasteiger partial charge is 0.462 e. The number of rotatable bonds is 3. The molecule has 0 unspecified atom stereocenters. The molecule has 0 saturated carbocycles. The maximum absolute atomic E-state index is 11.9. The molecule has 0 bridgehead atoms. The number of carbonyl (C=O) groups is 1. The van der Waals surface area contributed by atoms with Gasteiger partial charge in [-0.2, -0.15) is 0 Å². The number of benzene rings is 1. The van der Waals surface area contributed by atoms with Gasteiger partial charge in [0.25, 0.3) is 5.56 Å². The topological polar surface area (TPSA) is 98.1 Å². The number of aromatic amines is 1. The van der Waals surface area contributed by atoms with Crippen molar-refractivity contribution >= 4 is 33.5 Å². The van der Waals surface area contributed by atoms with E-state index < -0.39 is 0 Å². The Morgan fingerprint density at radius 1 is 1.41 bits per heavy atom. The molecule has 2 aromatic heterocycles. The van der Waals surface area contributed by atoms with Gasteiger partial charge in [-0.25, -0.2) is 9.78 Å². The second-order valence-electron chi connectivity index (χ2n) is 4.58. The van der Waals surface area contributed by atoms with Crippen LogP contribution in [0.2, 0.25) is 0 Å². The average molecular weight is 315 g/mol. The van der Waals surface area contributed by atoms with Gasteiger partial charge in [0.1, 0.15) is 4.70 Å². The fraction of sp³-hybridized carbons (Fsp3) is 0.133. The van der Waals surface area contributed by atoms with Crippen LogP contribution in [0.25, 0.3) is 20.7 Å². The zero-order valence-electron chi connectivity index (χ0n) is 11.8. The number of H-pyrrole nitrogens is 1. The van der Waals surface area contributed by atoms with Crippen LogP contribution in [0.5, 0.6) is 0 Å². The number of nitrogen functional groups attached to an aromatic ring is 1. The zero-order chi connectivity index (χ0) is 15.7. The average Bonchev–Trinajstić information content (AvgIpc) is 2.92. The summed E-state index contributed by atoms with van der Waals surface area (Å²) in [7, 11) is 0. The van der Waals surface area contributed by atoms with E-state index in [0.717, 1.165) is 10.4 Å². The van der Waals surface area contributed by atoms with Crippen molar-refractivity contribution in [2.24, 2.45) is 0 Å². The molecule has 1 aromatic carbocycles. The van der Waals surface area contributed by atoms with Crippen LogP contribution in [-0.4, -0.2) is 22.5 Å². The lowest BCUT2D eigenvalue weighted by atomic mass is 10.1. The van der Waals surface area contributed by atoms with Crippen molar-refractivity contribution in [1.82, 2.24) is 9.97 Å². The van der Waals surface area contributed by atoms with Gasteiger partial charge in [0.05, 0.1) is 17.7 Å². The second-order valence-corrected chi connectivity index (χ2v) is 5.63. The highest BCUT2D eigenvalue weighted by Gasteiger charge is 2.12. The van der Waals surface area contributed by atoms with E-state index in [4.69, 9.17) is 10.5 Å². The first kappa shape index (κ1) is 14.3. The lowest BCUT2D eigenvalue weighted by molar-refractivity contribution is 0.0526. The van der Waals surface area contributed by atoms with Crippen molar-refractivity contribution in [2.75, 3.05) is 12.3 Å². The third-order valence-corrected chi connectivity index (χ3v) is 4.23. The first-order chi connectivity index (χ1) is 10.6. The number of carbonyl (C=O) groups excluding carboxylic acids is 1. The van der Waals surface area contributed by atoms with E-state index in [1.807, 2.05) is 6.07 Å². The summed E-state index contributed by atoms with van der Waals surface area (Å²) in [5, 5.41) is 0. The smallest absolute Gasteiger partial charge is 0.338 e. The van der Waals surface area contributed by atoms with Crippen LogP contribution in [0.3, 0.4) is 0 Å². The molecule has 112 valence electrons. The third-order valence-electron chi connectivity index (χ3n) is 3.06. The van der Waals surface area contributed by atoms with Crippen LogP contribution in [0, 0.1) is 0 Å². The van der Waals surface area contributed by atoms with Gasteiger partial charge in [0.2, 0.25) is 5.95 Å². The van der Waals surface area contributed by atoms with Crippen molar-refractivity contribution in [3.8, 4) is 10.4 Å². The number of nitrogens with one attached hydrogen (secondary N) is 1. The molecule has 7 heteroatoms. The molecule has 3 N–H and O–H groups in total. The number of fused-ring (bicyclic) bond motifs is 1. The van der Waals surface area contributed by atoms with Gasteiger partial charge < -0.3 is 10.5 Å². The quantitative estimate of drug-likeness (QED) is 0.723. The lowest BCUT2D eigenvalue weighted by Crippen LogP contribution is -2.09. The Bertz CT molecular complexity index is 914. The number of esters is 1. The van der Waals surface area contributed by atoms with Crippen molar-refractivity contribution in [3.63, 3.8) is 0 Å². The highest BCUT2D eigenvalue weighted by Crippen LogP contribution is 2.31. The van der Waals surface area contributed by atoms with Crippen molar-refractivity contribution in [3.05, 3.63) is 46.2 Å². The third kappa shape index (κ3) is 2.58. The zero-order valence-corrected chi connectivity index (χ0v) is 12.6. The number of ether oxygens (including phenoxy) is 1. The van der Waals surface area contributed by atoms with Gasteiger partial charge in [0.15, 0.2) is 0 Å². The Hall–Kier alpha value is -2.67. The molecule has 22 heavy (non-hydrogen) atoms. The van der Waals surface area contributed by atoms with Crippen molar-refractivity contribution < 1.29 is 9.53 Å². The van der Waals surface area contributed by atoms with Gasteiger partial charge in [-0.05, 0) is 30.7 Å². The number of nitrogens with two attached hydrogens (primary N) is 1.